The molecule has 2 rings (SSSR count). The van der Waals surface area contributed by atoms with Crippen LogP contribution in [-0.4, -0.2) is 25.2 Å². The summed E-state index contributed by atoms with van der Waals surface area (Å²) < 4.78 is 19.6. The normalized spacial score (nSPS) is 10.3. The Bertz CT molecular complexity index is 962. The molecule has 1 N–H and O–H groups in total. The molecule has 0 spiro atoms. The molecule has 0 fully saturated rings. The summed E-state index contributed by atoms with van der Waals surface area (Å²) in [7, 11) is 0. The van der Waals surface area contributed by atoms with Crippen molar-refractivity contribution in [2.75, 3.05) is 18.5 Å². The van der Waals surface area contributed by atoms with Crippen molar-refractivity contribution in [3.63, 3.8) is 0 Å². The van der Waals surface area contributed by atoms with Crippen molar-refractivity contribution in [1.29, 1.82) is 0 Å². The zero-order valence-electron chi connectivity index (χ0n) is 14.4. The lowest BCUT2D eigenvalue weighted by molar-refractivity contribution is -0.146. The lowest BCUT2D eigenvalue weighted by Gasteiger charge is -2.07. The molecule has 2 aromatic rings. The van der Waals surface area contributed by atoms with Crippen LogP contribution in [0.25, 0.3) is 11.0 Å². The first-order valence-electron chi connectivity index (χ1n) is 7.76. The van der Waals surface area contributed by atoms with E-state index in [-0.39, 0.29) is 35.6 Å². The molecule has 0 radical (unpaired) electrons. The van der Waals surface area contributed by atoms with Crippen LogP contribution in [0.15, 0.2) is 42.3 Å². The van der Waals surface area contributed by atoms with Gasteiger partial charge in [-0.05, 0) is 26.8 Å². The van der Waals surface area contributed by atoms with Gasteiger partial charge in [0.25, 0.3) is 0 Å². The number of hydrogen-bond acceptors (Lipinski definition) is 9. The standard InChI is InChI=1S/C17H17NO8/c1-4-23-14(19)11(15(20)24-5-2)8-18-12-7-10-13(26-17(12)22)6-9(3)25-16(10)21/h6-8,18H,4-5H2,1-3H3. The van der Waals surface area contributed by atoms with Crippen molar-refractivity contribution in [3.05, 3.63) is 50.5 Å². The number of carbonyl (C=O) groups is 2. The van der Waals surface area contributed by atoms with E-state index in [9.17, 15) is 19.2 Å². The Morgan fingerprint density at radius 3 is 2.23 bits per heavy atom. The predicted molar refractivity (Wildman–Crippen MR) is 90.7 cm³/mol. The van der Waals surface area contributed by atoms with E-state index < -0.39 is 28.8 Å². The summed E-state index contributed by atoms with van der Waals surface area (Å²) in [5.41, 5.74) is -2.03. The van der Waals surface area contributed by atoms with E-state index in [0.717, 1.165) is 6.20 Å². The zero-order chi connectivity index (χ0) is 19.3. The molecule has 0 saturated heterocycles. The molecule has 2 heterocycles. The van der Waals surface area contributed by atoms with Gasteiger partial charge in [-0.2, -0.15) is 0 Å². The second-order valence-corrected chi connectivity index (χ2v) is 5.01. The molecule has 0 aliphatic rings. The molecule has 26 heavy (non-hydrogen) atoms. The highest BCUT2D eigenvalue weighted by Gasteiger charge is 2.21. The summed E-state index contributed by atoms with van der Waals surface area (Å²) in [5, 5.41) is 2.50. The van der Waals surface area contributed by atoms with Crippen LogP contribution < -0.4 is 16.6 Å². The molecule has 9 nitrogen and oxygen atoms in total. The van der Waals surface area contributed by atoms with Crippen molar-refractivity contribution >= 4 is 28.6 Å². The maximum atomic E-state index is 12.0. The first-order valence-corrected chi connectivity index (χ1v) is 7.76. The second-order valence-electron chi connectivity index (χ2n) is 5.01. The van der Waals surface area contributed by atoms with Gasteiger partial charge in [-0.1, -0.05) is 0 Å². The second kappa shape index (κ2) is 8.15. The number of fused-ring (bicyclic) bond motifs is 1. The van der Waals surface area contributed by atoms with Crippen LogP contribution in [0.4, 0.5) is 5.69 Å². The summed E-state index contributed by atoms with van der Waals surface area (Å²) in [5.74, 6) is -1.55. The summed E-state index contributed by atoms with van der Waals surface area (Å²) in [6.07, 6.45) is 0.962. The molecule has 0 aliphatic heterocycles. The molecular formula is C17H17NO8. The quantitative estimate of drug-likeness (QED) is 0.351. The maximum Gasteiger partial charge on any atom is 0.360 e. The minimum absolute atomic E-state index is 0.0277. The third-order valence-corrected chi connectivity index (χ3v) is 3.15. The molecule has 0 atom stereocenters. The fourth-order valence-corrected chi connectivity index (χ4v) is 2.04. The van der Waals surface area contributed by atoms with Gasteiger partial charge in [0, 0.05) is 12.3 Å². The Kier molecular flexibility index (Phi) is 5.94. The third kappa shape index (κ3) is 4.18. The Morgan fingerprint density at radius 2 is 1.65 bits per heavy atom. The number of ether oxygens (including phenoxy) is 2. The molecule has 0 amide bonds. The summed E-state index contributed by atoms with van der Waals surface area (Å²) in [6.45, 7) is 4.80. The minimum Gasteiger partial charge on any atom is -0.462 e. The Morgan fingerprint density at radius 1 is 1.04 bits per heavy atom. The van der Waals surface area contributed by atoms with Crippen LogP contribution in [0, 0.1) is 6.92 Å². The smallest absolute Gasteiger partial charge is 0.360 e. The molecule has 0 saturated carbocycles. The van der Waals surface area contributed by atoms with E-state index in [1.165, 1.54) is 12.1 Å². The molecule has 138 valence electrons. The largest absolute Gasteiger partial charge is 0.462 e. The molecule has 0 aliphatic carbocycles. The van der Waals surface area contributed by atoms with Crippen LogP contribution in [0.2, 0.25) is 0 Å². The van der Waals surface area contributed by atoms with Crippen molar-refractivity contribution < 1.29 is 27.9 Å². The number of nitrogens with one attached hydrogen (secondary N) is 1. The summed E-state index contributed by atoms with van der Waals surface area (Å²) >= 11 is 0. The van der Waals surface area contributed by atoms with Gasteiger partial charge in [-0.15, -0.1) is 0 Å². The van der Waals surface area contributed by atoms with E-state index >= 15 is 0 Å². The van der Waals surface area contributed by atoms with Gasteiger partial charge in [0.15, 0.2) is 5.57 Å². The number of esters is 2. The molecule has 0 bridgehead atoms. The Balaban J connectivity index is 2.44. The van der Waals surface area contributed by atoms with E-state index in [4.69, 9.17) is 18.3 Å². The number of rotatable bonds is 6. The zero-order valence-corrected chi connectivity index (χ0v) is 14.4. The van der Waals surface area contributed by atoms with Gasteiger partial charge >= 0.3 is 23.2 Å². The van der Waals surface area contributed by atoms with Crippen molar-refractivity contribution in [2.45, 2.75) is 20.8 Å². The Labute approximate surface area is 147 Å². The van der Waals surface area contributed by atoms with Crippen LogP contribution in [0.5, 0.6) is 0 Å². The highest BCUT2D eigenvalue weighted by Crippen LogP contribution is 2.14. The van der Waals surface area contributed by atoms with Crippen molar-refractivity contribution in [2.24, 2.45) is 0 Å². The van der Waals surface area contributed by atoms with E-state index in [1.54, 1.807) is 20.8 Å². The van der Waals surface area contributed by atoms with Gasteiger partial charge in [-0.25, -0.2) is 19.2 Å². The molecular weight excluding hydrogens is 346 g/mol. The van der Waals surface area contributed by atoms with E-state index in [2.05, 4.69) is 5.32 Å². The number of anilines is 1. The predicted octanol–water partition coefficient (Wildman–Crippen LogP) is 1.48. The number of aryl methyl sites for hydroxylation is 1. The molecule has 0 aromatic carbocycles. The average molecular weight is 363 g/mol. The summed E-state index contributed by atoms with van der Waals surface area (Å²) in [6, 6.07) is 2.61. The SMILES string of the molecule is CCOC(=O)C(=CNc1cc2c(=O)oc(C)cc2oc1=O)C(=O)OCC. The van der Waals surface area contributed by atoms with Crippen molar-refractivity contribution in [3.8, 4) is 0 Å². The minimum atomic E-state index is -0.918. The fraction of sp³-hybridized carbons (Fsp3) is 0.294. The Hall–Kier alpha value is -3.36. The van der Waals surface area contributed by atoms with E-state index in [1.807, 2.05) is 0 Å². The fourth-order valence-electron chi connectivity index (χ4n) is 2.04. The first kappa shape index (κ1) is 19.0. The van der Waals surface area contributed by atoms with Gasteiger partial charge in [0.05, 0.1) is 13.2 Å². The van der Waals surface area contributed by atoms with E-state index in [0.29, 0.717) is 0 Å². The molecule has 2 aromatic heterocycles. The monoisotopic (exact) mass is 363 g/mol. The van der Waals surface area contributed by atoms with Crippen LogP contribution in [0.1, 0.15) is 19.6 Å². The van der Waals surface area contributed by atoms with Gasteiger partial charge < -0.3 is 23.6 Å². The topological polar surface area (TPSA) is 125 Å². The van der Waals surface area contributed by atoms with Crippen molar-refractivity contribution in [1.82, 2.24) is 0 Å². The number of carbonyl (C=O) groups excluding carboxylic acids is 2. The first-order chi connectivity index (χ1) is 12.4. The molecule has 9 heteroatoms. The molecule has 0 unspecified atom stereocenters. The van der Waals surface area contributed by atoms with Crippen LogP contribution in [-0.2, 0) is 19.1 Å². The maximum absolute atomic E-state index is 12.0. The lowest BCUT2D eigenvalue weighted by atomic mass is 10.2. The highest BCUT2D eigenvalue weighted by atomic mass is 16.6. The van der Waals surface area contributed by atoms with Gasteiger partial charge in [-0.3, -0.25) is 0 Å². The van der Waals surface area contributed by atoms with Crippen LogP contribution >= 0.6 is 0 Å². The third-order valence-electron chi connectivity index (χ3n) is 3.15. The lowest BCUT2D eigenvalue weighted by Crippen LogP contribution is -2.20. The highest BCUT2D eigenvalue weighted by molar-refractivity contribution is 6.14. The van der Waals surface area contributed by atoms with Gasteiger partial charge in [0.2, 0.25) is 0 Å². The van der Waals surface area contributed by atoms with Gasteiger partial charge in [0.1, 0.15) is 22.4 Å². The average Bonchev–Trinajstić information content (AvgIpc) is 2.56. The van der Waals surface area contributed by atoms with Crippen LogP contribution in [0.3, 0.4) is 0 Å². The number of hydrogen-bond donors (Lipinski definition) is 1. The summed E-state index contributed by atoms with van der Waals surface area (Å²) in [4.78, 5) is 47.6.